The number of benzene rings is 1. The van der Waals surface area contributed by atoms with Gasteiger partial charge in [-0.25, -0.2) is 8.42 Å². The fourth-order valence-electron chi connectivity index (χ4n) is 1.35. The number of thioether (sulfide) groups is 2. The third kappa shape index (κ3) is 2.34. The maximum atomic E-state index is 12.1. The van der Waals surface area contributed by atoms with Crippen LogP contribution in [-0.4, -0.2) is 23.8 Å². The van der Waals surface area contributed by atoms with Gasteiger partial charge in [0.2, 0.25) is 0 Å². The second-order valence-corrected chi connectivity index (χ2v) is 8.74. The highest BCUT2D eigenvalue weighted by Gasteiger charge is 2.31. The van der Waals surface area contributed by atoms with E-state index in [-0.39, 0.29) is 3.91 Å². The van der Waals surface area contributed by atoms with Crippen molar-refractivity contribution in [1.29, 1.82) is 0 Å². The smallest absolute Gasteiger partial charge is 0.199 e. The zero-order valence-corrected chi connectivity index (χ0v) is 10.8. The average molecular weight is 260 g/mol. The molecule has 0 bridgehead atoms. The largest absolute Gasteiger partial charge is 0.222 e. The van der Waals surface area contributed by atoms with E-state index in [0.29, 0.717) is 4.90 Å². The van der Waals surface area contributed by atoms with Crippen molar-refractivity contribution in [2.45, 2.75) is 15.7 Å². The van der Waals surface area contributed by atoms with Crippen molar-refractivity contribution >= 4 is 33.4 Å². The molecule has 0 radical (unpaired) electrons. The summed E-state index contributed by atoms with van der Waals surface area (Å²) in [4.78, 5) is 0.444. The van der Waals surface area contributed by atoms with E-state index in [1.165, 1.54) is 23.5 Å². The second kappa shape index (κ2) is 4.39. The summed E-state index contributed by atoms with van der Waals surface area (Å²) in [5.74, 6) is 1.86. The van der Waals surface area contributed by atoms with Crippen LogP contribution in [0.25, 0.3) is 0 Å². The van der Waals surface area contributed by atoms with Crippen LogP contribution in [0.15, 0.2) is 29.2 Å². The maximum absolute atomic E-state index is 12.1. The molecule has 1 aliphatic heterocycles. The van der Waals surface area contributed by atoms with E-state index < -0.39 is 9.84 Å². The van der Waals surface area contributed by atoms with Crippen molar-refractivity contribution in [1.82, 2.24) is 0 Å². The average Bonchev–Trinajstić information content (AvgIpc) is 2.71. The molecule has 0 saturated carbocycles. The molecule has 0 unspecified atom stereocenters. The quantitative estimate of drug-likeness (QED) is 0.818. The highest BCUT2D eigenvalue weighted by atomic mass is 32.3. The van der Waals surface area contributed by atoms with Crippen molar-refractivity contribution in [3.05, 3.63) is 29.8 Å². The molecule has 2 nitrogen and oxygen atoms in total. The van der Waals surface area contributed by atoms with Crippen LogP contribution < -0.4 is 0 Å². The van der Waals surface area contributed by atoms with Gasteiger partial charge in [0.15, 0.2) is 13.8 Å². The Morgan fingerprint density at radius 3 is 2.20 bits per heavy atom. The summed E-state index contributed by atoms with van der Waals surface area (Å²) in [5.41, 5.74) is 1.08. The Morgan fingerprint density at radius 1 is 1.13 bits per heavy atom. The Morgan fingerprint density at radius 2 is 1.67 bits per heavy atom. The van der Waals surface area contributed by atoms with Gasteiger partial charge in [0, 0.05) is 11.5 Å². The fraction of sp³-hybridized carbons (Fsp3) is 0.400. The standard InChI is InChI=1S/C10H12O2S3/c1-8-2-4-9(5-3-8)15(11,12)10-13-6-7-14-10/h2-5,10H,6-7H2,1H3. The van der Waals surface area contributed by atoms with Gasteiger partial charge in [-0.3, -0.25) is 0 Å². The highest BCUT2D eigenvalue weighted by Crippen LogP contribution is 2.38. The van der Waals surface area contributed by atoms with Gasteiger partial charge in [-0.15, -0.1) is 23.5 Å². The number of sulfone groups is 1. The fourth-order valence-corrected chi connectivity index (χ4v) is 6.89. The number of rotatable bonds is 2. The van der Waals surface area contributed by atoms with E-state index in [1.807, 2.05) is 19.1 Å². The lowest BCUT2D eigenvalue weighted by Gasteiger charge is -2.09. The number of aryl methyl sites for hydroxylation is 1. The molecule has 1 heterocycles. The Balaban J connectivity index is 2.32. The van der Waals surface area contributed by atoms with Crippen molar-refractivity contribution in [3.8, 4) is 0 Å². The first kappa shape index (κ1) is 11.4. The lowest BCUT2D eigenvalue weighted by molar-refractivity contribution is 0.599. The minimum Gasteiger partial charge on any atom is -0.222 e. The summed E-state index contributed by atoms with van der Waals surface area (Å²) < 4.78 is 23.9. The molecule has 1 saturated heterocycles. The third-order valence-corrected chi connectivity index (χ3v) is 8.47. The molecule has 0 aliphatic carbocycles. The topological polar surface area (TPSA) is 34.1 Å². The van der Waals surface area contributed by atoms with Crippen LogP contribution >= 0.6 is 23.5 Å². The van der Waals surface area contributed by atoms with Crippen molar-refractivity contribution < 1.29 is 8.42 Å². The first-order valence-corrected chi connectivity index (χ1v) is 8.29. The van der Waals surface area contributed by atoms with Gasteiger partial charge in [-0.05, 0) is 19.1 Å². The van der Waals surface area contributed by atoms with Gasteiger partial charge in [-0.1, -0.05) is 17.7 Å². The molecular weight excluding hydrogens is 248 g/mol. The van der Waals surface area contributed by atoms with Gasteiger partial charge in [-0.2, -0.15) is 0 Å². The highest BCUT2D eigenvalue weighted by molar-refractivity contribution is 8.32. The van der Waals surface area contributed by atoms with Gasteiger partial charge in [0.05, 0.1) is 4.90 Å². The van der Waals surface area contributed by atoms with Gasteiger partial charge in [0.1, 0.15) is 0 Å². The molecule has 1 aliphatic rings. The molecule has 1 aromatic carbocycles. The van der Waals surface area contributed by atoms with E-state index >= 15 is 0 Å². The summed E-state index contributed by atoms with van der Waals surface area (Å²) in [6, 6.07) is 7.09. The summed E-state index contributed by atoms with van der Waals surface area (Å²) >= 11 is 3.05. The summed E-state index contributed by atoms with van der Waals surface area (Å²) in [7, 11) is -3.13. The SMILES string of the molecule is Cc1ccc(S(=O)(=O)C2SCCS2)cc1. The Bertz CT molecular complexity index is 430. The zero-order valence-electron chi connectivity index (χ0n) is 8.34. The van der Waals surface area contributed by atoms with E-state index in [1.54, 1.807) is 12.1 Å². The lowest BCUT2D eigenvalue weighted by Crippen LogP contribution is -2.12. The summed E-state index contributed by atoms with van der Waals surface area (Å²) in [5, 5.41) is 0. The number of hydrogen-bond donors (Lipinski definition) is 0. The van der Waals surface area contributed by atoms with Crippen LogP contribution in [0.4, 0.5) is 0 Å². The first-order valence-electron chi connectivity index (χ1n) is 4.64. The molecule has 0 amide bonds. The predicted molar refractivity (Wildman–Crippen MR) is 67.1 cm³/mol. The molecule has 15 heavy (non-hydrogen) atoms. The molecule has 0 spiro atoms. The van der Waals surface area contributed by atoms with Gasteiger partial charge >= 0.3 is 0 Å². The molecule has 1 fully saturated rings. The van der Waals surface area contributed by atoms with Gasteiger partial charge in [0.25, 0.3) is 0 Å². The lowest BCUT2D eigenvalue weighted by atomic mass is 10.2. The maximum Gasteiger partial charge on any atom is 0.199 e. The van der Waals surface area contributed by atoms with E-state index in [9.17, 15) is 8.42 Å². The minimum absolute atomic E-state index is 0.305. The van der Waals surface area contributed by atoms with Crippen LogP contribution in [0.2, 0.25) is 0 Å². The molecule has 0 atom stereocenters. The minimum atomic E-state index is -3.13. The third-order valence-electron chi connectivity index (χ3n) is 2.19. The van der Waals surface area contributed by atoms with Gasteiger partial charge < -0.3 is 0 Å². The monoisotopic (exact) mass is 260 g/mol. The van der Waals surface area contributed by atoms with Crippen molar-refractivity contribution in [3.63, 3.8) is 0 Å². The Kier molecular flexibility index (Phi) is 3.33. The van der Waals surface area contributed by atoms with Crippen molar-refractivity contribution in [2.75, 3.05) is 11.5 Å². The Labute approximate surface area is 98.8 Å². The van der Waals surface area contributed by atoms with Crippen LogP contribution in [0.1, 0.15) is 5.56 Å². The first-order chi connectivity index (χ1) is 7.10. The predicted octanol–water partition coefficient (Wildman–Crippen LogP) is 2.53. The summed E-state index contributed by atoms with van der Waals surface area (Å²) in [6.07, 6.45) is 0. The van der Waals surface area contributed by atoms with Crippen LogP contribution in [0.3, 0.4) is 0 Å². The molecule has 2 rings (SSSR count). The van der Waals surface area contributed by atoms with Crippen LogP contribution in [-0.2, 0) is 9.84 Å². The van der Waals surface area contributed by atoms with E-state index in [0.717, 1.165) is 17.1 Å². The van der Waals surface area contributed by atoms with Crippen LogP contribution in [0, 0.1) is 6.92 Å². The molecular formula is C10H12O2S3. The second-order valence-electron chi connectivity index (χ2n) is 3.39. The van der Waals surface area contributed by atoms with E-state index in [2.05, 4.69) is 0 Å². The normalized spacial score (nSPS) is 18.2. The van der Waals surface area contributed by atoms with E-state index in [4.69, 9.17) is 0 Å². The summed E-state index contributed by atoms with van der Waals surface area (Å²) in [6.45, 7) is 1.95. The van der Waals surface area contributed by atoms with Crippen molar-refractivity contribution in [2.24, 2.45) is 0 Å². The molecule has 0 N–H and O–H groups in total. The van der Waals surface area contributed by atoms with Crippen LogP contribution in [0.5, 0.6) is 0 Å². The Hall–Kier alpha value is -0.130. The molecule has 5 heteroatoms. The number of hydrogen-bond acceptors (Lipinski definition) is 4. The zero-order chi connectivity index (χ0) is 10.9. The molecule has 82 valence electrons. The molecule has 0 aromatic heterocycles. The molecule has 1 aromatic rings.